The number of carbonyl (C=O) groups is 1. The molecule has 0 radical (unpaired) electrons. The van der Waals surface area contributed by atoms with E-state index in [4.69, 9.17) is 4.74 Å². The maximum Gasteiger partial charge on any atom is 0.208 e. The van der Waals surface area contributed by atoms with Gasteiger partial charge in [-0.25, -0.2) is 4.98 Å². The molecule has 0 aliphatic carbocycles. The van der Waals surface area contributed by atoms with Crippen molar-refractivity contribution < 1.29 is 9.53 Å². The Hall–Kier alpha value is -1.68. The number of ketones is 1. The number of nitrogens with zero attached hydrogens (tertiary/aromatic N) is 1. The minimum atomic E-state index is -0.00986. The lowest BCUT2D eigenvalue weighted by atomic mass is 9.99. The topological polar surface area (TPSA) is 39.2 Å². The number of carbonyl (C=O) groups excluding carboxylic acids is 1. The SMILES string of the molecule is COc1cc(C)cc(C)c1C(=O)c1scnc1C. The molecule has 0 atom stereocenters. The molecule has 0 saturated carbocycles. The monoisotopic (exact) mass is 261 g/mol. The van der Waals surface area contributed by atoms with Crippen molar-refractivity contribution in [2.24, 2.45) is 0 Å². The van der Waals surface area contributed by atoms with Crippen LogP contribution in [0.4, 0.5) is 0 Å². The van der Waals surface area contributed by atoms with Crippen molar-refractivity contribution in [1.82, 2.24) is 4.98 Å². The smallest absolute Gasteiger partial charge is 0.208 e. The van der Waals surface area contributed by atoms with Crippen molar-refractivity contribution >= 4 is 17.1 Å². The molecule has 0 N–H and O–H groups in total. The summed E-state index contributed by atoms with van der Waals surface area (Å²) >= 11 is 1.37. The highest BCUT2D eigenvalue weighted by Gasteiger charge is 2.20. The molecular formula is C14H15NO2S. The average Bonchev–Trinajstić information content (AvgIpc) is 2.73. The first kappa shape index (κ1) is 12.8. The first-order valence-electron chi connectivity index (χ1n) is 5.64. The van der Waals surface area contributed by atoms with Crippen LogP contribution in [0.15, 0.2) is 17.6 Å². The van der Waals surface area contributed by atoms with Crippen LogP contribution in [0.2, 0.25) is 0 Å². The van der Waals surface area contributed by atoms with Gasteiger partial charge >= 0.3 is 0 Å². The van der Waals surface area contributed by atoms with Crippen LogP contribution in [0, 0.1) is 20.8 Å². The maximum atomic E-state index is 12.5. The number of aromatic nitrogens is 1. The summed E-state index contributed by atoms with van der Waals surface area (Å²) in [4.78, 5) is 17.3. The van der Waals surface area contributed by atoms with E-state index in [-0.39, 0.29) is 5.78 Å². The molecule has 0 aliphatic rings. The number of hydrogen-bond acceptors (Lipinski definition) is 4. The summed E-state index contributed by atoms with van der Waals surface area (Å²) in [6, 6.07) is 3.88. The molecule has 2 aromatic rings. The van der Waals surface area contributed by atoms with Gasteiger partial charge in [-0.2, -0.15) is 0 Å². The Bertz CT molecular complexity index is 602. The van der Waals surface area contributed by atoms with Gasteiger partial charge in [0, 0.05) is 0 Å². The summed E-state index contributed by atoms with van der Waals surface area (Å²) in [6.07, 6.45) is 0. The van der Waals surface area contributed by atoms with Gasteiger partial charge in [0.2, 0.25) is 5.78 Å². The van der Waals surface area contributed by atoms with E-state index in [1.165, 1.54) is 11.3 Å². The van der Waals surface area contributed by atoms with Gasteiger partial charge in [0.05, 0.1) is 28.8 Å². The maximum absolute atomic E-state index is 12.5. The lowest BCUT2D eigenvalue weighted by molar-refractivity contribution is 0.103. The second-order valence-corrected chi connectivity index (χ2v) is 5.11. The average molecular weight is 261 g/mol. The Morgan fingerprint density at radius 2 is 2.00 bits per heavy atom. The fourth-order valence-electron chi connectivity index (χ4n) is 2.01. The Labute approximate surface area is 110 Å². The zero-order valence-electron chi connectivity index (χ0n) is 10.9. The first-order chi connectivity index (χ1) is 8.54. The van der Waals surface area contributed by atoms with E-state index in [1.807, 2.05) is 32.9 Å². The number of aryl methyl sites for hydroxylation is 3. The summed E-state index contributed by atoms with van der Waals surface area (Å²) in [7, 11) is 1.59. The third kappa shape index (κ3) is 2.16. The molecule has 0 fully saturated rings. The predicted molar refractivity (Wildman–Crippen MR) is 72.8 cm³/mol. The zero-order valence-corrected chi connectivity index (χ0v) is 11.7. The Morgan fingerprint density at radius 1 is 1.28 bits per heavy atom. The van der Waals surface area contributed by atoms with E-state index < -0.39 is 0 Å². The van der Waals surface area contributed by atoms with Gasteiger partial charge in [-0.05, 0) is 38.0 Å². The highest BCUT2D eigenvalue weighted by molar-refractivity contribution is 7.12. The molecule has 2 rings (SSSR count). The third-order valence-corrected chi connectivity index (χ3v) is 3.77. The molecule has 0 bridgehead atoms. The summed E-state index contributed by atoms with van der Waals surface area (Å²) in [5, 5.41) is 0. The molecule has 1 aromatic carbocycles. The van der Waals surface area contributed by atoms with E-state index in [1.54, 1.807) is 12.6 Å². The van der Waals surface area contributed by atoms with E-state index in [0.717, 1.165) is 16.8 Å². The number of thiazole rings is 1. The fraction of sp³-hybridized carbons (Fsp3) is 0.286. The van der Waals surface area contributed by atoms with Crippen LogP contribution in [0.3, 0.4) is 0 Å². The highest BCUT2D eigenvalue weighted by atomic mass is 32.1. The minimum absolute atomic E-state index is 0.00986. The minimum Gasteiger partial charge on any atom is -0.496 e. The number of methoxy groups -OCH3 is 1. The first-order valence-corrected chi connectivity index (χ1v) is 6.52. The molecule has 3 nitrogen and oxygen atoms in total. The van der Waals surface area contributed by atoms with Gasteiger partial charge in [-0.15, -0.1) is 11.3 Å². The molecule has 4 heteroatoms. The molecule has 0 spiro atoms. The van der Waals surface area contributed by atoms with Crippen molar-refractivity contribution in [2.45, 2.75) is 20.8 Å². The van der Waals surface area contributed by atoms with Crippen molar-refractivity contribution in [3.05, 3.63) is 44.9 Å². The zero-order chi connectivity index (χ0) is 13.3. The standard InChI is InChI=1S/C14H15NO2S/c1-8-5-9(2)12(11(6-8)17-4)13(16)14-10(3)15-7-18-14/h5-7H,1-4H3. The number of ether oxygens (including phenoxy) is 1. The highest BCUT2D eigenvalue weighted by Crippen LogP contribution is 2.28. The van der Waals surface area contributed by atoms with Crippen molar-refractivity contribution in [2.75, 3.05) is 7.11 Å². The van der Waals surface area contributed by atoms with Crippen molar-refractivity contribution in [3.8, 4) is 5.75 Å². The van der Waals surface area contributed by atoms with Gasteiger partial charge in [0.1, 0.15) is 5.75 Å². The van der Waals surface area contributed by atoms with Gasteiger partial charge in [0.15, 0.2) is 0 Å². The quantitative estimate of drug-likeness (QED) is 0.796. The molecule has 0 amide bonds. The Morgan fingerprint density at radius 3 is 2.56 bits per heavy atom. The van der Waals surface area contributed by atoms with Crippen LogP contribution < -0.4 is 4.74 Å². The van der Waals surface area contributed by atoms with Crippen LogP contribution >= 0.6 is 11.3 Å². The second-order valence-electron chi connectivity index (χ2n) is 4.26. The lowest BCUT2D eigenvalue weighted by Crippen LogP contribution is -2.06. The van der Waals surface area contributed by atoms with Crippen LogP contribution in [0.25, 0.3) is 0 Å². The second kappa shape index (κ2) is 4.90. The molecular weight excluding hydrogens is 246 g/mol. The number of rotatable bonds is 3. The van der Waals surface area contributed by atoms with E-state index in [9.17, 15) is 4.79 Å². The van der Waals surface area contributed by atoms with E-state index >= 15 is 0 Å². The molecule has 0 saturated heterocycles. The van der Waals surface area contributed by atoms with Gasteiger partial charge in [-0.3, -0.25) is 4.79 Å². The van der Waals surface area contributed by atoms with Crippen LogP contribution in [-0.4, -0.2) is 17.9 Å². The van der Waals surface area contributed by atoms with Crippen molar-refractivity contribution in [3.63, 3.8) is 0 Å². The molecule has 1 aromatic heterocycles. The molecule has 18 heavy (non-hydrogen) atoms. The van der Waals surface area contributed by atoms with Crippen LogP contribution in [-0.2, 0) is 0 Å². The van der Waals surface area contributed by atoms with E-state index in [2.05, 4.69) is 4.98 Å². The predicted octanol–water partition coefficient (Wildman–Crippen LogP) is 3.31. The lowest BCUT2D eigenvalue weighted by Gasteiger charge is -2.11. The van der Waals surface area contributed by atoms with Crippen LogP contribution in [0.5, 0.6) is 5.75 Å². The summed E-state index contributed by atoms with van der Waals surface area (Å²) in [5.74, 6) is 0.620. The molecule has 94 valence electrons. The normalized spacial score (nSPS) is 10.4. The third-order valence-electron chi connectivity index (χ3n) is 2.84. The molecule has 1 heterocycles. The Kier molecular flexibility index (Phi) is 3.48. The van der Waals surface area contributed by atoms with Gasteiger partial charge < -0.3 is 4.74 Å². The largest absolute Gasteiger partial charge is 0.496 e. The van der Waals surface area contributed by atoms with Crippen molar-refractivity contribution in [1.29, 1.82) is 0 Å². The van der Waals surface area contributed by atoms with Crippen LogP contribution in [0.1, 0.15) is 32.1 Å². The summed E-state index contributed by atoms with van der Waals surface area (Å²) < 4.78 is 5.33. The summed E-state index contributed by atoms with van der Waals surface area (Å²) in [6.45, 7) is 5.76. The van der Waals surface area contributed by atoms with E-state index in [0.29, 0.717) is 16.2 Å². The number of hydrogen-bond donors (Lipinski definition) is 0. The summed E-state index contributed by atoms with van der Waals surface area (Å²) in [5.41, 5.74) is 5.12. The van der Waals surface area contributed by atoms with Gasteiger partial charge in [0.25, 0.3) is 0 Å². The van der Waals surface area contributed by atoms with Gasteiger partial charge in [-0.1, -0.05) is 6.07 Å². The molecule has 0 aliphatic heterocycles. The fourth-order valence-corrected chi connectivity index (χ4v) is 2.76. The number of benzene rings is 1. The molecule has 0 unspecified atom stereocenters. The Balaban J connectivity index is 2.58.